The Hall–Kier alpha value is -2.16. The van der Waals surface area contributed by atoms with E-state index in [2.05, 4.69) is 15.3 Å². The van der Waals surface area contributed by atoms with Crippen LogP contribution in [0, 0.1) is 11.3 Å². The number of nitrogens with two attached hydrogens (primary N) is 1. The molecule has 0 aliphatic heterocycles. The smallest absolute Gasteiger partial charge is 0.239 e. The summed E-state index contributed by atoms with van der Waals surface area (Å²) >= 11 is 0. The van der Waals surface area contributed by atoms with E-state index >= 15 is 0 Å². The number of anilines is 1. The maximum atomic E-state index is 10.7. The molecule has 1 aromatic heterocycles. The number of carbonyl (C=O) groups excluding carboxylic acids is 1. The van der Waals surface area contributed by atoms with Crippen LogP contribution < -0.4 is 11.1 Å². The molecule has 0 bridgehead atoms. The number of aromatic nitrogens is 2. The van der Waals surface area contributed by atoms with Gasteiger partial charge in [0.05, 0.1) is 0 Å². The molecule has 0 saturated carbocycles. The molecule has 1 rings (SSSR count). The second kappa shape index (κ2) is 4.18. The van der Waals surface area contributed by atoms with Gasteiger partial charge in [0.1, 0.15) is 17.9 Å². The van der Waals surface area contributed by atoms with Crippen LogP contribution in [-0.4, -0.2) is 21.9 Å². The second-order valence-electron chi connectivity index (χ2n) is 2.65. The largest absolute Gasteiger partial charge is 0.368 e. The minimum absolute atomic E-state index is 0.0478. The lowest BCUT2D eigenvalue weighted by Crippen LogP contribution is -2.32. The summed E-state index contributed by atoms with van der Waals surface area (Å²) < 4.78 is 0. The van der Waals surface area contributed by atoms with Gasteiger partial charge >= 0.3 is 0 Å². The average Bonchev–Trinajstić information content (AvgIpc) is 2.18. The first kappa shape index (κ1) is 9.92. The molecule has 0 radical (unpaired) electrons. The lowest BCUT2D eigenvalue weighted by atomic mass is 10.3. The zero-order valence-corrected chi connectivity index (χ0v) is 7.56. The van der Waals surface area contributed by atoms with E-state index in [1.807, 2.05) is 0 Å². The summed E-state index contributed by atoms with van der Waals surface area (Å²) in [6.07, 6.45) is 1.43. The number of carbonyl (C=O) groups is 1. The van der Waals surface area contributed by atoms with Gasteiger partial charge < -0.3 is 11.1 Å². The molecule has 0 aliphatic carbocycles. The molecule has 6 heteroatoms. The number of hydrogen-bond acceptors (Lipinski definition) is 5. The van der Waals surface area contributed by atoms with Crippen LogP contribution in [0.4, 0.5) is 5.82 Å². The first-order valence-electron chi connectivity index (χ1n) is 3.92. The maximum absolute atomic E-state index is 10.7. The topological polar surface area (TPSA) is 105 Å². The summed E-state index contributed by atoms with van der Waals surface area (Å²) in [6.45, 7) is 1.61. The van der Waals surface area contributed by atoms with Crippen LogP contribution in [0.2, 0.25) is 0 Å². The second-order valence-corrected chi connectivity index (χ2v) is 2.65. The third kappa shape index (κ3) is 2.42. The molecule has 6 nitrogen and oxygen atoms in total. The standard InChI is InChI=1S/C8H9N5O/c1-5(8(10)14)12-6-2-3-11-7(4-9)13-6/h2-3,5H,1H3,(H2,10,14)(H,11,12,13)/t5-/m1/s1. The zero-order valence-electron chi connectivity index (χ0n) is 7.56. The van der Waals surface area contributed by atoms with E-state index in [0.717, 1.165) is 0 Å². The van der Waals surface area contributed by atoms with Gasteiger partial charge in [-0.1, -0.05) is 0 Å². The molecule has 0 aromatic carbocycles. The monoisotopic (exact) mass is 191 g/mol. The highest BCUT2D eigenvalue weighted by atomic mass is 16.1. The van der Waals surface area contributed by atoms with Gasteiger partial charge in [-0.2, -0.15) is 5.26 Å². The minimum Gasteiger partial charge on any atom is -0.368 e. The predicted molar refractivity (Wildman–Crippen MR) is 49.0 cm³/mol. The van der Waals surface area contributed by atoms with Crippen molar-refractivity contribution in [2.45, 2.75) is 13.0 Å². The number of nitrogens with zero attached hydrogens (tertiary/aromatic N) is 3. The Kier molecular flexibility index (Phi) is 2.97. The molecule has 14 heavy (non-hydrogen) atoms. The summed E-state index contributed by atoms with van der Waals surface area (Å²) in [7, 11) is 0. The Labute approximate surface area is 80.8 Å². The number of amides is 1. The fourth-order valence-electron chi connectivity index (χ4n) is 0.786. The van der Waals surface area contributed by atoms with E-state index in [1.54, 1.807) is 19.1 Å². The van der Waals surface area contributed by atoms with E-state index in [9.17, 15) is 4.79 Å². The summed E-state index contributed by atoms with van der Waals surface area (Å²) in [5.74, 6) is -0.0309. The Bertz CT molecular complexity index is 384. The number of primary amides is 1. The maximum Gasteiger partial charge on any atom is 0.239 e. The first-order chi connectivity index (χ1) is 6.63. The van der Waals surface area contributed by atoms with Crippen molar-refractivity contribution < 1.29 is 4.79 Å². The molecule has 1 aromatic rings. The van der Waals surface area contributed by atoms with Gasteiger partial charge in [-0.25, -0.2) is 9.97 Å². The van der Waals surface area contributed by atoms with E-state index in [1.165, 1.54) is 6.20 Å². The molecule has 72 valence electrons. The van der Waals surface area contributed by atoms with E-state index in [-0.39, 0.29) is 5.82 Å². The van der Waals surface area contributed by atoms with Gasteiger partial charge in [-0.15, -0.1) is 0 Å². The van der Waals surface area contributed by atoms with Gasteiger partial charge in [0, 0.05) is 6.20 Å². The van der Waals surface area contributed by atoms with Crippen LogP contribution >= 0.6 is 0 Å². The summed E-state index contributed by atoms with van der Waals surface area (Å²) in [4.78, 5) is 18.2. The van der Waals surface area contributed by atoms with E-state index in [0.29, 0.717) is 5.82 Å². The molecule has 0 fully saturated rings. The van der Waals surface area contributed by atoms with Crippen molar-refractivity contribution in [1.29, 1.82) is 5.26 Å². The van der Waals surface area contributed by atoms with Gasteiger partial charge in [0.25, 0.3) is 0 Å². The van der Waals surface area contributed by atoms with Crippen LogP contribution in [-0.2, 0) is 4.79 Å². The molecule has 1 amide bonds. The van der Waals surface area contributed by atoms with Crippen LogP contribution in [0.1, 0.15) is 12.7 Å². The Morgan fingerprint density at radius 3 is 3.07 bits per heavy atom. The fourth-order valence-corrected chi connectivity index (χ4v) is 0.786. The molecular formula is C8H9N5O. The normalized spacial score (nSPS) is 11.4. The van der Waals surface area contributed by atoms with Gasteiger partial charge in [0.15, 0.2) is 0 Å². The van der Waals surface area contributed by atoms with Crippen molar-refractivity contribution in [2.75, 3.05) is 5.32 Å². The highest BCUT2D eigenvalue weighted by molar-refractivity contribution is 5.82. The fraction of sp³-hybridized carbons (Fsp3) is 0.250. The van der Waals surface area contributed by atoms with Gasteiger partial charge in [-0.05, 0) is 13.0 Å². The molecule has 0 unspecified atom stereocenters. The number of hydrogen-bond donors (Lipinski definition) is 2. The highest BCUT2D eigenvalue weighted by Gasteiger charge is 2.08. The van der Waals surface area contributed by atoms with Gasteiger partial charge in [0.2, 0.25) is 11.7 Å². The minimum atomic E-state index is -0.531. The molecule has 1 heterocycles. The van der Waals surface area contributed by atoms with Crippen LogP contribution in [0.15, 0.2) is 12.3 Å². The van der Waals surface area contributed by atoms with Crippen molar-refractivity contribution in [1.82, 2.24) is 9.97 Å². The summed E-state index contributed by atoms with van der Waals surface area (Å²) in [6, 6.07) is 2.82. The van der Waals surface area contributed by atoms with Crippen molar-refractivity contribution in [3.05, 3.63) is 18.1 Å². The van der Waals surface area contributed by atoms with Crippen molar-refractivity contribution in [3.8, 4) is 6.07 Å². The third-order valence-electron chi connectivity index (χ3n) is 1.55. The molecule has 0 spiro atoms. The van der Waals surface area contributed by atoms with Crippen LogP contribution in [0.25, 0.3) is 0 Å². The number of nitrogens with one attached hydrogen (secondary N) is 1. The number of nitriles is 1. The number of rotatable bonds is 3. The van der Waals surface area contributed by atoms with Crippen LogP contribution in [0.3, 0.4) is 0 Å². The lowest BCUT2D eigenvalue weighted by Gasteiger charge is -2.09. The first-order valence-corrected chi connectivity index (χ1v) is 3.92. The van der Waals surface area contributed by atoms with Crippen molar-refractivity contribution >= 4 is 11.7 Å². The Morgan fingerprint density at radius 2 is 2.50 bits per heavy atom. The molecule has 0 saturated heterocycles. The molecule has 3 N–H and O–H groups in total. The average molecular weight is 191 g/mol. The molecule has 1 atom stereocenters. The molecular weight excluding hydrogens is 182 g/mol. The van der Waals surface area contributed by atoms with Crippen molar-refractivity contribution in [3.63, 3.8) is 0 Å². The summed E-state index contributed by atoms with van der Waals surface area (Å²) in [5, 5.41) is 11.3. The quantitative estimate of drug-likeness (QED) is 0.678. The lowest BCUT2D eigenvalue weighted by molar-refractivity contribution is -0.118. The SMILES string of the molecule is C[C@@H](Nc1ccnc(C#N)n1)C(N)=O. The predicted octanol–water partition coefficient (Wildman–Crippen LogP) is -0.366. The Morgan fingerprint density at radius 1 is 1.79 bits per heavy atom. The van der Waals surface area contributed by atoms with E-state index < -0.39 is 11.9 Å². The van der Waals surface area contributed by atoms with Gasteiger partial charge in [-0.3, -0.25) is 4.79 Å². The highest BCUT2D eigenvalue weighted by Crippen LogP contribution is 2.02. The molecule has 0 aliphatic rings. The Balaban J connectivity index is 2.78. The zero-order chi connectivity index (χ0) is 10.6. The van der Waals surface area contributed by atoms with Crippen LogP contribution in [0.5, 0.6) is 0 Å². The third-order valence-corrected chi connectivity index (χ3v) is 1.55. The van der Waals surface area contributed by atoms with E-state index in [4.69, 9.17) is 11.0 Å². The summed E-state index contributed by atoms with van der Waals surface area (Å²) in [5.41, 5.74) is 5.04. The van der Waals surface area contributed by atoms with Crippen molar-refractivity contribution in [2.24, 2.45) is 5.73 Å².